The Balaban J connectivity index is 0.00000180. The van der Waals surface area contributed by atoms with Gasteiger partial charge in [-0.3, -0.25) is 4.98 Å². The van der Waals surface area contributed by atoms with Crippen molar-refractivity contribution in [3.05, 3.63) is 29.8 Å². The van der Waals surface area contributed by atoms with Crippen LogP contribution < -0.4 is 34.7 Å². The molecule has 0 aromatic carbocycles. The van der Waals surface area contributed by atoms with E-state index in [-0.39, 0.29) is 48.5 Å². The second-order valence-corrected chi connectivity index (χ2v) is 4.71. The summed E-state index contributed by atoms with van der Waals surface area (Å²) in [6, 6.07) is 2.45. The zero-order chi connectivity index (χ0) is 13.4. The van der Waals surface area contributed by atoms with Gasteiger partial charge in [0.2, 0.25) is 0 Å². The number of ether oxygens (including phenoxy) is 2. The minimum Gasteiger partial charge on any atom is -0.549 e. The van der Waals surface area contributed by atoms with Crippen molar-refractivity contribution in [1.82, 2.24) is 4.98 Å². The zero-order valence-corrected chi connectivity index (χ0v) is 13.1. The minimum atomic E-state index is -1.50. The summed E-state index contributed by atoms with van der Waals surface area (Å²) in [5, 5.41) is 11.4. The van der Waals surface area contributed by atoms with E-state index in [1.54, 1.807) is 13.8 Å². The smallest absolute Gasteiger partial charge is 0.549 e. The van der Waals surface area contributed by atoms with E-state index in [4.69, 9.17) is 9.47 Å². The summed E-state index contributed by atoms with van der Waals surface area (Å²) in [6.07, 6.45) is 0.958. The molecule has 0 unspecified atom stereocenters. The SMILES string of the molecule is CC1(C)OCC(C(=O)[O-])(c2ccc(F)cn2)CO1.[Na+]. The average molecular weight is 277 g/mol. The van der Waals surface area contributed by atoms with Crippen LogP contribution in [0, 0.1) is 5.82 Å². The van der Waals surface area contributed by atoms with E-state index in [1.165, 1.54) is 6.07 Å². The molecule has 5 nitrogen and oxygen atoms in total. The topological polar surface area (TPSA) is 71.5 Å². The molecule has 1 aliphatic rings. The Bertz CT molecular complexity index is 453. The van der Waals surface area contributed by atoms with E-state index in [2.05, 4.69) is 4.98 Å². The van der Waals surface area contributed by atoms with Crippen LogP contribution >= 0.6 is 0 Å². The van der Waals surface area contributed by atoms with E-state index in [0.29, 0.717) is 0 Å². The molecule has 0 amide bonds. The van der Waals surface area contributed by atoms with Gasteiger partial charge in [-0.15, -0.1) is 0 Å². The molecule has 1 aromatic rings. The van der Waals surface area contributed by atoms with Crippen molar-refractivity contribution in [2.75, 3.05) is 13.2 Å². The molecule has 1 aliphatic heterocycles. The Labute approximate surface area is 132 Å². The minimum absolute atomic E-state index is 0. The Hall–Kier alpha value is -0.530. The van der Waals surface area contributed by atoms with Crippen molar-refractivity contribution in [2.24, 2.45) is 0 Å². The number of halogens is 1. The van der Waals surface area contributed by atoms with Gasteiger partial charge < -0.3 is 19.4 Å². The van der Waals surface area contributed by atoms with Crippen LogP contribution in [0.25, 0.3) is 0 Å². The van der Waals surface area contributed by atoms with Crippen LogP contribution in [0.2, 0.25) is 0 Å². The quantitative estimate of drug-likeness (QED) is 0.539. The summed E-state index contributed by atoms with van der Waals surface area (Å²) in [5.41, 5.74) is -1.33. The van der Waals surface area contributed by atoms with E-state index < -0.39 is 23.0 Å². The maximum atomic E-state index is 12.8. The average Bonchev–Trinajstić information content (AvgIpc) is 2.30. The molecular weight excluding hydrogens is 264 g/mol. The Kier molecular flexibility index (Phi) is 5.08. The molecule has 98 valence electrons. The van der Waals surface area contributed by atoms with Crippen molar-refractivity contribution in [3.8, 4) is 0 Å². The molecule has 0 aliphatic carbocycles. The van der Waals surface area contributed by atoms with Crippen LogP contribution in [0.3, 0.4) is 0 Å². The first-order chi connectivity index (χ1) is 8.36. The van der Waals surface area contributed by atoms with Gasteiger partial charge in [0.15, 0.2) is 5.79 Å². The molecule has 1 aromatic heterocycles. The number of nitrogens with zero attached hydrogens (tertiary/aromatic N) is 1. The van der Waals surface area contributed by atoms with Gasteiger partial charge in [0.1, 0.15) is 5.82 Å². The van der Waals surface area contributed by atoms with Gasteiger partial charge in [-0.2, -0.15) is 0 Å². The normalized spacial score (nSPS) is 20.4. The van der Waals surface area contributed by atoms with Gasteiger partial charge in [-0.1, -0.05) is 0 Å². The van der Waals surface area contributed by atoms with Gasteiger partial charge in [-0.05, 0) is 26.0 Å². The molecule has 7 heteroatoms. The van der Waals surface area contributed by atoms with Crippen LogP contribution in [0.15, 0.2) is 18.3 Å². The fourth-order valence-electron chi connectivity index (χ4n) is 1.71. The summed E-state index contributed by atoms with van der Waals surface area (Å²) in [4.78, 5) is 15.2. The number of rotatable bonds is 2. The molecular formula is C12H13FNNaO4. The maximum Gasteiger partial charge on any atom is 1.00 e. The fourth-order valence-corrected chi connectivity index (χ4v) is 1.71. The fraction of sp³-hybridized carbons (Fsp3) is 0.500. The van der Waals surface area contributed by atoms with Crippen molar-refractivity contribution in [2.45, 2.75) is 25.0 Å². The number of hydrogen-bond donors (Lipinski definition) is 0. The third-order valence-electron chi connectivity index (χ3n) is 2.94. The number of aromatic nitrogens is 1. The number of carboxylic acid groups (broad SMARTS) is 1. The molecule has 2 rings (SSSR count). The monoisotopic (exact) mass is 277 g/mol. The van der Waals surface area contributed by atoms with Gasteiger partial charge in [0, 0.05) is 0 Å². The van der Waals surface area contributed by atoms with Crippen LogP contribution in [0.1, 0.15) is 19.5 Å². The number of hydrogen-bond acceptors (Lipinski definition) is 5. The molecule has 2 heterocycles. The third-order valence-corrected chi connectivity index (χ3v) is 2.94. The van der Waals surface area contributed by atoms with Crippen molar-refractivity contribution >= 4 is 5.97 Å². The second kappa shape index (κ2) is 5.85. The van der Waals surface area contributed by atoms with Crippen LogP contribution in [0.4, 0.5) is 4.39 Å². The number of aliphatic carboxylic acids is 1. The predicted molar refractivity (Wildman–Crippen MR) is 56.9 cm³/mol. The standard InChI is InChI=1S/C12H14FNO4.Na/c1-11(2)17-6-12(7-18-11,10(15)16)9-4-3-8(13)5-14-9;/h3-5H,6-7H2,1-2H3,(H,15,16);/q;+1/p-1. The molecule has 1 saturated heterocycles. The first-order valence-electron chi connectivity index (χ1n) is 5.47. The van der Waals surface area contributed by atoms with Crippen LogP contribution in [0.5, 0.6) is 0 Å². The number of carbonyl (C=O) groups excluding carboxylic acids is 1. The van der Waals surface area contributed by atoms with Crippen molar-refractivity contribution < 1.29 is 53.3 Å². The largest absolute Gasteiger partial charge is 1.00 e. The summed E-state index contributed by atoms with van der Waals surface area (Å²) < 4.78 is 23.5. The van der Waals surface area contributed by atoms with Crippen molar-refractivity contribution in [3.63, 3.8) is 0 Å². The molecule has 0 N–H and O–H groups in total. The maximum absolute atomic E-state index is 12.8. The first-order valence-corrected chi connectivity index (χ1v) is 5.47. The van der Waals surface area contributed by atoms with E-state index in [9.17, 15) is 14.3 Å². The molecule has 1 fully saturated rings. The first kappa shape index (κ1) is 16.5. The molecule has 0 atom stereocenters. The molecule has 0 bridgehead atoms. The van der Waals surface area contributed by atoms with E-state index in [1.807, 2.05) is 0 Å². The van der Waals surface area contributed by atoms with Gasteiger partial charge in [0.25, 0.3) is 0 Å². The molecule has 19 heavy (non-hydrogen) atoms. The predicted octanol–water partition coefficient (Wildman–Crippen LogP) is -3.00. The summed E-state index contributed by atoms with van der Waals surface area (Å²) in [5.74, 6) is -2.73. The third kappa shape index (κ3) is 3.32. The molecule has 0 spiro atoms. The summed E-state index contributed by atoms with van der Waals surface area (Å²) >= 11 is 0. The molecule has 0 radical (unpaired) electrons. The Morgan fingerprint density at radius 2 is 1.95 bits per heavy atom. The second-order valence-electron chi connectivity index (χ2n) is 4.71. The summed E-state index contributed by atoms with van der Waals surface area (Å²) in [6.45, 7) is 3.12. The van der Waals surface area contributed by atoms with Gasteiger partial charge >= 0.3 is 29.6 Å². The van der Waals surface area contributed by atoms with Gasteiger partial charge in [-0.25, -0.2) is 4.39 Å². The van der Waals surface area contributed by atoms with Crippen LogP contribution in [-0.4, -0.2) is 30.0 Å². The number of pyridine rings is 1. The Morgan fingerprint density at radius 3 is 2.37 bits per heavy atom. The number of carbonyl (C=O) groups is 1. The van der Waals surface area contributed by atoms with E-state index in [0.717, 1.165) is 12.3 Å². The zero-order valence-electron chi connectivity index (χ0n) is 11.1. The van der Waals surface area contributed by atoms with Gasteiger partial charge in [0.05, 0.1) is 36.5 Å². The van der Waals surface area contributed by atoms with E-state index >= 15 is 0 Å². The molecule has 0 saturated carbocycles. The van der Waals surface area contributed by atoms with Crippen LogP contribution in [-0.2, 0) is 19.7 Å². The number of carboxylic acids is 1. The summed E-state index contributed by atoms with van der Waals surface area (Å²) in [7, 11) is 0. The van der Waals surface area contributed by atoms with Crippen molar-refractivity contribution in [1.29, 1.82) is 0 Å². The Morgan fingerprint density at radius 1 is 1.37 bits per heavy atom.